The highest BCUT2D eigenvalue weighted by Crippen LogP contribution is 2.18. The Hall–Kier alpha value is -2.07. The molecule has 1 rings (SSSR count). The highest BCUT2D eigenvalue weighted by molar-refractivity contribution is 7.67. The van der Waals surface area contributed by atoms with Crippen molar-refractivity contribution in [1.29, 1.82) is 0 Å². The molecule has 0 aliphatic carbocycles. The fourth-order valence-corrected chi connectivity index (χ4v) is 0.720. The SMILES string of the molecule is CO[SH](=O)=O.O=[N+]([O-])c1cccc([N+](=O)[O-])c1. The van der Waals surface area contributed by atoms with Gasteiger partial charge in [-0.15, -0.1) is 0 Å². The molecule has 0 atom stereocenters. The topological polar surface area (TPSA) is 130 Å². The van der Waals surface area contributed by atoms with Crippen LogP contribution >= 0.6 is 0 Å². The maximum absolute atomic E-state index is 10.2. The molecule has 1 aromatic rings. The molecule has 0 fully saturated rings. The fraction of sp³-hybridized carbons (Fsp3) is 0.143. The standard InChI is InChI=1S/C6H4N2O4.CH4O3S/c9-7(10)5-2-1-3-6(4-5)8(11)12;1-4-5(2)3/h1-4H;5H,1H3. The van der Waals surface area contributed by atoms with Crippen molar-refractivity contribution in [3.63, 3.8) is 0 Å². The van der Waals surface area contributed by atoms with Crippen molar-refractivity contribution >= 4 is 22.4 Å². The van der Waals surface area contributed by atoms with Crippen LogP contribution in [0, 0.1) is 20.2 Å². The Morgan fingerprint density at radius 1 is 1.12 bits per heavy atom. The van der Waals surface area contributed by atoms with Gasteiger partial charge in [-0.2, -0.15) is 0 Å². The molecule has 1 aromatic carbocycles. The van der Waals surface area contributed by atoms with Crippen molar-refractivity contribution in [2.24, 2.45) is 0 Å². The summed E-state index contributed by atoms with van der Waals surface area (Å²) in [5, 5.41) is 20.3. The van der Waals surface area contributed by atoms with Gasteiger partial charge in [-0.1, -0.05) is 0 Å². The van der Waals surface area contributed by atoms with Gasteiger partial charge in [0.25, 0.3) is 22.4 Å². The van der Waals surface area contributed by atoms with Gasteiger partial charge in [0.15, 0.2) is 0 Å². The predicted molar refractivity (Wildman–Crippen MR) is 57.1 cm³/mol. The van der Waals surface area contributed by atoms with Crippen LogP contribution in [0.3, 0.4) is 0 Å². The van der Waals surface area contributed by atoms with Gasteiger partial charge >= 0.3 is 0 Å². The minimum atomic E-state index is -2.60. The number of nitro benzene ring substituents is 2. The third-order valence-corrected chi connectivity index (χ3v) is 1.70. The second kappa shape index (κ2) is 7.24. The minimum Gasteiger partial charge on any atom is -0.276 e. The molecule has 94 valence electrons. The van der Waals surface area contributed by atoms with Gasteiger partial charge in [0.2, 0.25) is 0 Å². The van der Waals surface area contributed by atoms with E-state index in [0.717, 1.165) is 13.2 Å². The van der Waals surface area contributed by atoms with E-state index in [-0.39, 0.29) is 11.4 Å². The van der Waals surface area contributed by atoms with Gasteiger partial charge in [0, 0.05) is 12.1 Å². The quantitative estimate of drug-likeness (QED) is 0.482. The van der Waals surface area contributed by atoms with Crippen molar-refractivity contribution in [3.8, 4) is 0 Å². The van der Waals surface area contributed by atoms with Crippen molar-refractivity contribution in [2.75, 3.05) is 7.11 Å². The Morgan fingerprint density at radius 3 is 1.71 bits per heavy atom. The van der Waals surface area contributed by atoms with Crippen LogP contribution in [0.15, 0.2) is 24.3 Å². The molecule has 0 saturated heterocycles. The molecule has 10 heteroatoms. The molecule has 0 amide bonds. The molecular weight excluding hydrogens is 256 g/mol. The first kappa shape index (κ1) is 14.9. The maximum atomic E-state index is 10.2. The molecule has 0 radical (unpaired) electrons. The average Bonchev–Trinajstić information content (AvgIpc) is 2.29. The van der Waals surface area contributed by atoms with Gasteiger partial charge < -0.3 is 0 Å². The fourth-order valence-electron chi connectivity index (χ4n) is 0.720. The van der Waals surface area contributed by atoms with Crippen LogP contribution in [0.25, 0.3) is 0 Å². The van der Waals surface area contributed by atoms with Crippen LogP contribution in [0.2, 0.25) is 0 Å². The monoisotopic (exact) mass is 264 g/mol. The largest absolute Gasteiger partial charge is 0.276 e. The van der Waals surface area contributed by atoms with Crippen molar-refractivity contribution in [1.82, 2.24) is 0 Å². The van der Waals surface area contributed by atoms with E-state index in [0.29, 0.717) is 0 Å². The summed E-state index contributed by atoms with van der Waals surface area (Å²) >= 11 is 0. The summed E-state index contributed by atoms with van der Waals surface area (Å²) in [5.41, 5.74) is -0.548. The van der Waals surface area contributed by atoms with Gasteiger partial charge in [-0.3, -0.25) is 24.4 Å². The molecule has 0 aliphatic rings. The van der Waals surface area contributed by atoms with Crippen LogP contribution in [0.4, 0.5) is 11.4 Å². The molecule has 0 N–H and O–H groups in total. The van der Waals surface area contributed by atoms with E-state index in [4.69, 9.17) is 0 Å². The highest BCUT2D eigenvalue weighted by atomic mass is 32.2. The van der Waals surface area contributed by atoms with Crippen LogP contribution in [0.5, 0.6) is 0 Å². The molecule has 9 nitrogen and oxygen atoms in total. The number of benzene rings is 1. The molecular formula is C7H8N2O7S. The highest BCUT2D eigenvalue weighted by Gasteiger charge is 2.11. The summed E-state index contributed by atoms with van der Waals surface area (Å²) in [7, 11) is -1.50. The lowest BCUT2D eigenvalue weighted by atomic mass is 10.3. The molecule has 0 aliphatic heterocycles. The number of nitrogens with zero attached hydrogens (tertiary/aromatic N) is 2. The lowest BCUT2D eigenvalue weighted by Crippen LogP contribution is -1.91. The zero-order valence-electron chi connectivity index (χ0n) is 8.51. The van der Waals surface area contributed by atoms with Gasteiger partial charge in [0.05, 0.1) is 23.0 Å². The second-order valence-corrected chi connectivity index (χ2v) is 3.25. The summed E-state index contributed by atoms with van der Waals surface area (Å²) in [6, 6.07) is 4.59. The van der Waals surface area contributed by atoms with E-state index in [1.807, 2.05) is 0 Å². The third kappa shape index (κ3) is 6.17. The lowest BCUT2D eigenvalue weighted by Gasteiger charge is -1.90. The zero-order valence-corrected chi connectivity index (χ0v) is 9.40. The number of hydrogen-bond acceptors (Lipinski definition) is 7. The van der Waals surface area contributed by atoms with Crippen molar-refractivity contribution in [3.05, 3.63) is 44.5 Å². The Bertz CT molecular complexity index is 448. The summed E-state index contributed by atoms with van der Waals surface area (Å²) in [6.45, 7) is 0. The van der Waals surface area contributed by atoms with E-state index in [1.54, 1.807) is 0 Å². The van der Waals surface area contributed by atoms with Crippen LogP contribution in [-0.2, 0) is 15.2 Å². The molecule has 0 unspecified atom stereocenters. The summed E-state index contributed by atoms with van der Waals surface area (Å²) in [5.74, 6) is 0. The third-order valence-electron chi connectivity index (χ3n) is 1.40. The lowest BCUT2D eigenvalue weighted by molar-refractivity contribution is -0.394. The van der Waals surface area contributed by atoms with E-state index >= 15 is 0 Å². The Kier molecular flexibility index (Phi) is 6.36. The zero-order chi connectivity index (χ0) is 13.4. The first-order valence-corrected chi connectivity index (χ1v) is 5.05. The minimum absolute atomic E-state index is 0.274. The van der Waals surface area contributed by atoms with Gasteiger partial charge in [-0.05, 0) is 6.07 Å². The van der Waals surface area contributed by atoms with Crippen LogP contribution < -0.4 is 0 Å². The number of thiol groups is 1. The average molecular weight is 264 g/mol. The number of nitro groups is 2. The van der Waals surface area contributed by atoms with E-state index in [1.165, 1.54) is 18.2 Å². The van der Waals surface area contributed by atoms with Gasteiger partial charge in [0.1, 0.15) is 0 Å². The van der Waals surface area contributed by atoms with E-state index in [9.17, 15) is 28.6 Å². The van der Waals surface area contributed by atoms with Gasteiger partial charge in [-0.25, -0.2) is 8.42 Å². The predicted octanol–water partition coefficient (Wildman–Crippen LogP) is 0.662. The van der Waals surface area contributed by atoms with Crippen molar-refractivity contribution in [2.45, 2.75) is 0 Å². The smallest absolute Gasteiger partial charge is 0.276 e. The Balaban J connectivity index is 0.000000437. The maximum Gasteiger partial charge on any atom is 0.276 e. The number of rotatable bonds is 3. The second-order valence-electron chi connectivity index (χ2n) is 2.44. The summed E-state index contributed by atoms with van der Waals surface area (Å²) in [6.07, 6.45) is 0. The van der Waals surface area contributed by atoms with Crippen LogP contribution in [-0.4, -0.2) is 25.4 Å². The van der Waals surface area contributed by atoms with E-state index < -0.39 is 20.8 Å². The summed E-state index contributed by atoms with van der Waals surface area (Å²) in [4.78, 5) is 19.0. The Labute approximate surface area is 97.1 Å². The molecule has 0 saturated carbocycles. The van der Waals surface area contributed by atoms with Crippen molar-refractivity contribution < 1.29 is 22.4 Å². The summed E-state index contributed by atoms with van der Waals surface area (Å²) < 4.78 is 22.1. The number of hydrogen-bond donors (Lipinski definition) is 1. The normalized spacial score (nSPS) is 9.29. The van der Waals surface area contributed by atoms with Crippen LogP contribution in [0.1, 0.15) is 0 Å². The molecule has 0 aromatic heterocycles. The molecule has 17 heavy (non-hydrogen) atoms. The number of non-ortho nitro benzene ring substituents is 2. The molecule has 0 spiro atoms. The van der Waals surface area contributed by atoms with E-state index in [2.05, 4.69) is 4.18 Å². The first-order chi connectivity index (χ1) is 7.88. The first-order valence-electron chi connectivity index (χ1n) is 3.95. The Morgan fingerprint density at radius 2 is 1.47 bits per heavy atom. The molecule has 0 heterocycles. The molecule has 0 bridgehead atoms.